The quantitative estimate of drug-likeness (QED) is 0.0464. The molecule has 1 aromatic carbocycles. The number of thiazole rings is 1. The van der Waals surface area contributed by atoms with Crippen LogP contribution in [0, 0.1) is 0 Å². The number of aromatic nitrogens is 1. The van der Waals surface area contributed by atoms with Gasteiger partial charge in [-0.3, -0.25) is 4.79 Å². The van der Waals surface area contributed by atoms with Crippen LogP contribution in [-0.4, -0.2) is 34.8 Å². The fourth-order valence-corrected chi connectivity index (χ4v) is 5.70. The number of hydrogen-bond donors (Lipinski definition) is 5. The van der Waals surface area contributed by atoms with Crippen molar-refractivity contribution in [2.24, 2.45) is 10.7 Å². The number of nitrogens with zero attached hydrogens (tertiary/aromatic N) is 3. The Morgan fingerprint density at radius 3 is 2.65 bits per heavy atom. The Kier molecular flexibility index (Phi) is 14.7. The Morgan fingerprint density at radius 2 is 2.02 bits per heavy atom. The first-order valence-electron chi connectivity index (χ1n) is 14.3. The highest BCUT2D eigenvalue weighted by Gasteiger charge is 2.31. The highest BCUT2D eigenvalue weighted by molar-refractivity contribution is 7.79. The van der Waals surface area contributed by atoms with Crippen molar-refractivity contribution in [1.82, 2.24) is 14.6 Å². The lowest BCUT2D eigenvalue weighted by Gasteiger charge is -2.24. The van der Waals surface area contributed by atoms with E-state index in [2.05, 4.69) is 28.5 Å². The lowest BCUT2D eigenvalue weighted by Crippen LogP contribution is -2.48. The zero-order chi connectivity index (χ0) is 29.5. The first kappa shape index (κ1) is 33.8. The van der Waals surface area contributed by atoms with E-state index in [-0.39, 0.29) is 18.0 Å². The molecule has 1 aromatic heterocycles. The molecular formula is C29H47N6O3S2+. The number of nitrogens with one attached hydrogen (secondary N) is 2. The van der Waals surface area contributed by atoms with Crippen molar-refractivity contribution in [3.63, 3.8) is 0 Å². The van der Waals surface area contributed by atoms with Crippen LogP contribution in [0.15, 0.2) is 41.7 Å². The smallest absolute Gasteiger partial charge is 0.306 e. The molecule has 40 heavy (non-hydrogen) atoms. The third-order valence-corrected chi connectivity index (χ3v) is 7.65. The maximum atomic E-state index is 11.0. The lowest BCUT2D eigenvalue weighted by molar-refractivity contribution is -0.147. The van der Waals surface area contributed by atoms with Gasteiger partial charge in [-0.25, -0.2) is 9.98 Å². The minimum atomic E-state index is -0.745. The number of benzene rings is 1. The summed E-state index contributed by atoms with van der Waals surface area (Å²) in [5, 5.41) is 15.2. The maximum Gasteiger partial charge on any atom is 0.306 e. The third kappa shape index (κ3) is 11.2. The maximum absolute atomic E-state index is 11.0. The minimum Gasteiger partial charge on any atom is -0.463 e. The number of esters is 1. The molecule has 0 radical (unpaired) electrons. The topological polar surface area (TPSA) is 122 Å². The fraction of sp³-hybridized carbons (Fsp3) is 0.552. The van der Waals surface area contributed by atoms with Gasteiger partial charge < -0.3 is 15.8 Å². The molecule has 1 unspecified atom stereocenters. The average molecular weight is 592 g/mol. The van der Waals surface area contributed by atoms with Crippen molar-refractivity contribution < 1.29 is 14.7 Å². The van der Waals surface area contributed by atoms with E-state index in [1.54, 1.807) is 17.5 Å². The molecular weight excluding hydrogens is 544 g/mol. The van der Waals surface area contributed by atoms with Gasteiger partial charge in [-0.1, -0.05) is 39.2 Å². The predicted octanol–water partition coefficient (Wildman–Crippen LogP) is 7.31. The molecule has 1 aliphatic rings. The number of aliphatic imine (C=N–C) groups is 1. The lowest BCUT2D eigenvalue weighted by atomic mass is 9.90. The number of hydrogen-bond acceptors (Lipinski definition) is 8. The Labute approximate surface area is 249 Å². The van der Waals surface area contributed by atoms with Crippen LogP contribution >= 0.6 is 24.2 Å². The molecule has 1 atom stereocenters. The average Bonchev–Trinajstić information content (AvgIpc) is 3.40. The SMILES string of the molecule is CC/C=C/N=C(N)Nc1ccc(-c2cnc(C3CCCCC3)s2)c([N+](O)(S)NCC)c1.CCCC(=O)OC(C)C. The molecule has 0 bridgehead atoms. The molecule has 0 aliphatic heterocycles. The number of guanidine groups is 1. The van der Waals surface area contributed by atoms with Gasteiger partial charge in [-0.2, -0.15) is 5.21 Å². The van der Waals surface area contributed by atoms with E-state index in [1.165, 1.54) is 37.1 Å². The van der Waals surface area contributed by atoms with Crippen LogP contribution in [0.5, 0.6) is 0 Å². The van der Waals surface area contributed by atoms with E-state index in [0.29, 0.717) is 30.3 Å². The van der Waals surface area contributed by atoms with Gasteiger partial charge in [0.2, 0.25) is 5.69 Å². The van der Waals surface area contributed by atoms with Crippen molar-refractivity contribution in [3.05, 3.63) is 41.7 Å². The minimum absolute atomic E-state index is 0.0315. The summed E-state index contributed by atoms with van der Waals surface area (Å²) >= 11 is 6.16. The van der Waals surface area contributed by atoms with Gasteiger partial charge in [-0.15, -0.1) is 16.8 Å². The summed E-state index contributed by atoms with van der Waals surface area (Å²) in [6, 6.07) is 5.71. The van der Waals surface area contributed by atoms with E-state index >= 15 is 0 Å². The van der Waals surface area contributed by atoms with Crippen molar-refractivity contribution >= 4 is 47.5 Å². The van der Waals surface area contributed by atoms with Gasteiger partial charge in [0.15, 0.2) is 5.96 Å². The second-order valence-corrected chi connectivity index (χ2v) is 11.6. The van der Waals surface area contributed by atoms with Gasteiger partial charge >= 0.3 is 5.97 Å². The normalized spacial score (nSPS) is 15.9. The molecule has 0 saturated heterocycles. The molecule has 1 aliphatic carbocycles. The summed E-state index contributed by atoms with van der Waals surface area (Å²) < 4.78 is 4.11. The molecule has 5 N–H and O–H groups in total. The molecule has 1 heterocycles. The van der Waals surface area contributed by atoms with Gasteiger partial charge in [0.05, 0.1) is 21.6 Å². The number of nitrogens with two attached hydrogens (primary N) is 1. The summed E-state index contributed by atoms with van der Waals surface area (Å²) in [5.41, 5.74) is 11.1. The van der Waals surface area contributed by atoms with Crippen LogP contribution in [0.25, 0.3) is 10.4 Å². The number of quaternary nitrogens is 1. The summed E-state index contributed by atoms with van der Waals surface area (Å²) in [5.74, 6) is 0.731. The first-order chi connectivity index (χ1) is 19.1. The largest absolute Gasteiger partial charge is 0.463 e. The predicted molar refractivity (Wildman–Crippen MR) is 170 cm³/mol. The van der Waals surface area contributed by atoms with Gasteiger partial charge in [0, 0.05) is 43.0 Å². The first-order valence-corrected chi connectivity index (χ1v) is 15.5. The van der Waals surface area contributed by atoms with E-state index in [4.69, 9.17) is 15.5 Å². The Morgan fingerprint density at radius 1 is 1.30 bits per heavy atom. The number of thiol groups is 1. The van der Waals surface area contributed by atoms with Crippen molar-refractivity contribution in [2.45, 2.75) is 98.0 Å². The van der Waals surface area contributed by atoms with Gasteiger partial charge in [-0.05, 0) is 62.7 Å². The standard InChI is InChI=1S/C22H33N6OS2.C7H14O2/c1-3-5-13-24-22(23)27-17-11-12-18(19(14-17)28(29,30)26-4-2)20-15-25-21(31-20)16-9-7-6-8-10-16;1-4-5-7(8)9-6(2)3/h5,11-16,26,29-30H,3-4,6-10H2,1-2H3,(H3,23,24,27);6H,4-5H2,1-3H3/q+1;/b13-5+;. The highest BCUT2D eigenvalue weighted by atomic mass is 32.1. The summed E-state index contributed by atoms with van der Waals surface area (Å²) in [6.07, 6.45) is 14.1. The molecule has 1 saturated carbocycles. The number of anilines is 1. The molecule has 9 nitrogen and oxygen atoms in total. The highest BCUT2D eigenvalue weighted by Crippen LogP contribution is 2.42. The monoisotopic (exact) mass is 591 g/mol. The summed E-state index contributed by atoms with van der Waals surface area (Å²) in [6.45, 7) is 10.2. The second-order valence-electron chi connectivity index (χ2n) is 9.96. The Balaban J connectivity index is 0.000000536. The van der Waals surface area contributed by atoms with Crippen LogP contribution in [0.2, 0.25) is 0 Å². The molecule has 11 heteroatoms. The van der Waals surface area contributed by atoms with Crippen molar-refractivity contribution in [2.75, 3.05) is 11.9 Å². The number of carbonyl (C=O) groups excluding carboxylic acids is 1. The summed E-state index contributed by atoms with van der Waals surface area (Å²) in [7, 11) is 0. The zero-order valence-electron chi connectivity index (χ0n) is 24.5. The Hall–Kier alpha value is -2.44. The number of allylic oxidation sites excluding steroid dienone is 1. The van der Waals surface area contributed by atoms with Crippen LogP contribution < -0.4 is 20.6 Å². The Bertz CT molecular complexity index is 1110. The van der Waals surface area contributed by atoms with E-state index in [0.717, 1.165) is 23.3 Å². The van der Waals surface area contributed by atoms with Crippen LogP contribution in [-0.2, 0) is 9.53 Å². The van der Waals surface area contributed by atoms with Crippen molar-refractivity contribution in [3.8, 4) is 10.4 Å². The van der Waals surface area contributed by atoms with Crippen LogP contribution in [0.1, 0.15) is 96.9 Å². The second kappa shape index (κ2) is 17.4. The van der Waals surface area contributed by atoms with Crippen LogP contribution in [0.4, 0.5) is 11.4 Å². The van der Waals surface area contributed by atoms with E-state index in [1.807, 2.05) is 65.1 Å². The molecule has 3 rings (SSSR count). The van der Waals surface area contributed by atoms with Crippen LogP contribution in [0.3, 0.4) is 0 Å². The van der Waals surface area contributed by atoms with E-state index < -0.39 is 4.16 Å². The molecule has 0 spiro atoms. The molecule has 2 aromatic rings. The molecule has 0 amide bonds. The molecule has 222 valence electrons. The van der Waals surface area contributed by atoms with E-state index in [9.17, 15) is 10.0 Å². The number of carbonyl (C=O) groups is 1. The number of rotatable bonds is 11. The van der Waals surface area contributed by atoms with Crippen molar-refractivity contribution in [1.29, 1.82) is 0 Å². The summed E-state index contributed by atoms with van der Waals surface area (Å²) in [4.78, 5) is 20.5. The van der Waals surface area contributed by atoms with Gasteiger partial charge in [0.25, 0.3) is 0 Å². The van der Waals surface area contributed by atoms with Gasteiger partial charge in [0.1, 0.15) is 12.8 Å². The molecule has 1 fully saturated rings. The third-order valence-electron chi connectivity index (χ3n) is 6.10. The fourth-order valence-electron chi connectivity index (χ4n) is 4.28. The number of ether oxygens (including phenoxy) is 1. The zero-order valence-corrected chi connectivity index (χ0v) is 26.2.